The van der Waals surface area contributed by atoms with E-state index in [1.54, 1.807) is 0 Å². The minimum Gasteiger partial charge on any atom is -0.435 e. The summed E-state index contributed by atoms with van der Waals surface area (Å²) in [5, 5.41) is 6.57. The lowest BCUT2D eigenvalue weighted by atomic mass is 9.98. The Balaban J connectivity index is 1.08. The molecule has 0 spiro atoms. The molecule has 6 heteroatoms. The molecule has 2 aromatic heterocycles. The Kier molecular flexibility index (Phi) is 10.7. The normalized spacial score (nSPS) is 11.5. The number of aromatic nitrogens is 2. The van der Waals surface area contributed by atoms with E-state index in [1.807, 2.05) is 30.3 Å². The van der Waals surface area contributed by atoms with Gasteiger partial charge in [0.05, 0.1) is 33.8 Å². The predicted octanol–water partition coefficient (Wildman–Crippen LogP) is 19.3. The van der Waals surface area contributed by atoms with Crippen molar-refractivity contribution in [1.82, 2.24) is 9.55 Å². The summed E-state index contributed by atoms with van der Waals surface area (Å²) in [7, 11) is 0. The van der Waals surface area contributed by atoms with E-state index in [-0.39, 0.29) is 0 Å². The maximum absolute atomic E-state index is 6.79. The SMILES string of the molecule is c1ccc(-c2nc3ccc4ccc5c(N(c6cc(N(c7ccccc7)c7ccccc7)cc(N(c7ccccc7)c7ccccc7)c6)c6ccc7c(c6)c6ccccc6n7-c6ccccc6)cccc5c4c3o2)cc1. The standard InChI is InChI=1S/C69H47N5O/c1-7-22-49(23-8-1)69-70-63-42-39-48-38-41-60-61(67(48)68(63)75-69)35-21-37-64(60)73(55-40-43-66-62(47-55)59-34-19-20-36-65(59)74(66)54-32-17-6-18-33-54)58-45-56(71(50-24-9-2-10-25-50)51-26-11-3-12-27-51)44-57(46-58)72(52-28-13-4-14-29-52)53-30-15-5-16-31-53/h1-47H. The number of hydrogen-bond acceptors (Lipinski definition) is 5. The number of oxazole rings is 1. The second kappa shape index (κ2) is 18.5. The highest BCUT2D eigenvalue weighted by atomic mass is 16.3. The summed E-state index contributed by atoms with van der Waals surface area (Å²) in [6, 6.07) is 102. The third-order valence-electron chi connectivity index (χ3n) is 14.3. The Bertz CT molecular complexity index is 4170. The summed E-state index contributed by atoms with van der Waals surface area (Å²) in [6.07, 6.45) is 0. The molecule has 6 nitrogen and oxygen atoms in total. The van der Waals surface area contributed by atoms with E-state index in [1.165, 1.54) is 5.39 Å². The first-order valence-electron chi connectivity index (χ1n) is 25.4. The summed E-state index contributed by atoms with van der Waals surface area (Å²) in [6.45, 7) is 0. The van der Waals surface area contributed by atoms with Crippen molar-refractivity contribution in [3.8, 4) is 17.1 Å². The van der Waals surface area contributed by atoms with Crippen LogP contribution >= 0.6 is 0 Å². The molecule has 0 radical (unpaired) electrons. The minimum atomic E-state index is 0.600. The van der Waals surface area contributed by atoms with Crippen LogP contribution in [0, 0.1) is 0 Å². The third kappa shape index (κ3) is 7.72. The second-order valence-corrected chi connectivity index (χ2v) is 18.8. The zero-order valence-electron chi connectivity index (χ0n) is 40.8. The fourth-order valence-electron chi connectivity index (χ4n) is 11.0. The van der Waals surface area contributed by atoms with E-state index in [9.17, 15) is 0 Å². The molecule has 14 aromatic rings. The van der Waals surface area contributed by atoms with Gasteiger partial charge in [0.1, 0.15) is 5.52 Å². The number of hydrogen-bond donors (Lipinski definition) is 0. The lowest BCUT2D eigenvalue weighted by Crippen LogP contribution is -2.16. The van der Waals surface area contributed by atoms with Crippen LogP contribution in [-0.4, -0.2) is 9.55 Å². The average molecular weight is 962 g/mol. The van der Waals surface area contributed by atoms with Gasteiger partial charge in [-0.3, -0.25) is 0 Å². The van der Waals surface area contributed by atoms with Crippen LogP contribution in [0.3, 0.4) is 0 Å². The van der Waals surface area contributed by atoms with Crippen LogP contribution in [-0.2, 0) is 0 Å². The molecule has 14 rings (SSSR count). The zero-order chi connectivity index (χ0) is 49.7. The maximum atomic E-state index is 6.79. The van der Waals surface area contributed by atoms with Crippen LogP contribution in [0.1, 0.15) is 0 Å². The summed E-state index contributed by atoms with van der Waals surface area (Å²) in [5.41, 5.74) is 15.1. The highest BCUT2D eigenvalue weighted by Crippen LogP contribution is 2.49. The van der Waals surface area contributed by atoms with Crippen molar-refractivity contribution in [2.75, 3.05) is 14.7 Å². The monoisotopic (exact) mass is 961 g/mol. The molecule has 0 N–H and O–H groups in total. The van der Waals surface area contributed by atoms with Crippen molar-refractivity contribution < 1.29 is 4.42 Å². The first-order valence-corrected chi connectivity index (χ1v) is 25.4. The van der Waals surface area contributed by atoms with Crippen LogP contribution in [0.5, 0.6) is 0 Å². The van der Waals surface area contributed by atoms with Crippen LogP contribution in [0.2, 0.25) is 0 Å². The van der Waals surface area contributed by atoms with Crippen molar-refractivity contribution in [3.05, 3.63) is 285 Å². The number of fused-ring (bicyclic) bond motifs is 8. The van der Waals surface area contributed by atoms with Gasteiger partial charge >= 0.3 is 0 Å². The van der Waals surface area contributed by atoms with Crippen LogP contribution in [0.25, 0.3) is 71.6 Å². The Hall–Kier alpha value is -10.2. The molecule has 354 valence electrons. The highest BCUT2D eigenvalue weighted by Gasteiger charge is 2.25. The fourth-order valence-corrected chi connectivity index (χ4v) is 11.0. The largest absolute Gasteiger partial charge is 0.435 e. The van der Waals surface area contributed by atoms with Gasteiger partial charge < -0.3 is 23.7 Å². The van der Waals surface area contributed by atoms with Crippen molar-refractivity contribution >= 4 is 106 Å². The summed E-state index contributed by atoms with van der Waals surface area (Å²) in [5.74, 6) is 0.600. The molecular weight excluding hydrogens is 915 g/mol. The first-order chi connectivity index (χ1) is 37.2. The molecule has 0 aliphatic rings. The molecule has 0 amide bonds. The average Bonchev–Trinajstić information content (AvgIpc) is 4.11. The molecule has 0 fully saturated rings. The molecule has 0 saturated heterocycles. The lowest BCUT2D eigenvalue weighted by molar-refractivity contribution is 0.623. The first kappa shape index (κ1) is 43.6. The van der Waals surface area contributed by atoms with Crippen molar-refractivity contribution in [1.29, 1.82) is 0 Å². The van der Waals surface area contributed by atoms with E-state index in [0.29, 0.717) is 5.89 Å². The van der Waals surface area contributed by atoms with Crippen molar-refractivity contribution in [2.24, 2.45) is 0 Å². The van der Waals surface area contributed by atoms with Crippen molar-refractivity contribution in [2.45, 2.75) is 0 Å². The summed E-state index contributed by atoms with van der Waals surface area (Å²) in [4.78, 5) is 12.2. The van der Waals surface area contributed by atoms with Gasteiger partial charge in [-0.05, 0) is 138 Å². The van der Waals surface area contributed by atoms with E-state index in [2.05, 4.69) is 274 Å². The van der Waals surface area contributed by atoms with Crippen LogP contribution < -0.4 is 14.7 Å². The van der Waals surface area contributed by atoms with Gasteiger partial charge in [0.2, 0.25) is 5.89 Å². The Labute approximate surface area is 434 Å². The smallest absolute Gasteiger partial charge is 0.227 e. The van der Waals surface area contributed by atoms with E-state index in [0.717, 1.165) is 112 Å². The topological polar surface area (TPSA) is 40.7 Å². The molecule has 75 heavy (non-hydrogen) atoms. The minimum absolute atomic E-state index is 0.600. The number of rotatable bonds is 11. The Morgan fingerprint density at radius 1 is 0.320 bits per heavy atom. The second-order valence-electron chi connectivity index (χ2n) is 18.8. The molecule has 12 aromatic carbocycles. The number of para-hydroxylation sites is 6. The summed E-state index contributed by atoms with van der Waals surface area (Å²) >= 11 is 0. The van der Waals surface area contributed by atoms with Crippen molar-refractivity contribution in [3.63, 3.8) is 0 Å². The van der Waals surface area contributed by atoms with Gasteiger partial charge in [-0.15, -0.1) is 0 Å². The van der Waals surface area contributed by atoms with E-state index < -0.39 is 0 Å². The lowest BCUT2D eigenvalue weighted by Gasteiger charge is -2.33. The number of nitrogens with zero attached hydrogens (tertiary/aromatic N) is 5. The van der Waals surface area contributed by atoms with Crippen LogP contribution in [0.4, 0.5) is 51.2 Å². The highest BCUT2D eigenvalue weighted by molar-refractivity contribution is 6.21. The quantitative estimate of drug-likeness (QED) is 0.121. The van der Waals surface area contributed by atoms with Gasteiger partial charge in [-0.1, -0.05) is 158 Å². The molecule has 0 saturated carbocycles. The molecule has 0 aliphatic carbocycles. The maximum Gasteiger partial charge on any atom is 0.227 e. The molecule has 0 bridgehead atoms. The molecule has 0 unspecified atom stereocenters. The number of anilines is 9. The molecule has 0 atom stereocenters. The van der Waals surface area contributed by atoms with Gasteiger partial charge in [0.25, 0.3) is 0 Å². The van der Waals surface area contributed by atoms with Gasteiger partial charge in [0.15, 0.2) is 5.58 Å². The Morgan fingerprint density at radius 2 is 0.813 bits per heavy atom. The molecule has 0 aliphatic heterocycles. The van der Waals surface area contributed by atoms with Gasteiger partial charge in [0, 0.05) is 61.2 Å². The van der Waals surface area contributed by atoms with Gasteiger partial charge in [-0.2, -0.15) is 0 Å². The summed E-state index contributed by atoms with van der Waals surface area (Å²) < 4.78 is 9.17. The fraction of sp³-hybridized carbons (Fsp3) is 0. The zero-order valence-corrected chi connectivity index (χ0v) is 40.8. The molecule has 2 heterocycles. The molecular formula is C69H47N5O. The predicted molar refractivity (Wildman–Crippen MR) is 313 cm³/mol. The number of benzene rings is 12. The van der Waals surface area contributed by atoms with Gasteiger partial charge in [-0.25, -0.2) is 4.98 Å². The van der Waals surface area contributed by atoms with E-state index >= 15 is 0 Å². The van der Waals surface area contributed by atoms with Crippen LogP contribution in [0.15, 0.2) is 290 Å². The third-order valence-corrected chi connectivity index (χ3v) is 14.3. The Morgan fingerprint density at radius 3 is 1.41 bits per heavy atom. The van der Waals surface area contributed by atoms with E-state index in [4.69, 9.17) is 9.40 Å².